The summed E-state index contributed by atoms with van der Waals surface area (Å²) in [5, 5.41) is -0.408. The molecule has 2 aliphatic carbocycles. The fourth-order valence-electron chi connectivity index (χ4n) is 5.10. The molecule has 24 heavy (non-hydrogen) atoms. The van der Waals surface area contributed by atoms with Crippen LogP contribution in [-0.2, 0) is 14.8 Å². The molecule has 1 heterocycles. The van der Waals surface area contributed by atoms with E-state index in [-0.39, 0.29) is 5.92 Å². The van der Waals surface area contributed by atoms with Gasteiger partial charge in [-0.1, -0.05) is 26.2 Å². The van der Waals surface area contributed by atoms with Gasteiger partial charge in [0.1, 0.15) is 0 Å². The zero-order valence-corrected chi connectivity index (χ0v) is 16.0. The molecule has 2 saturated carbocycles. The third-order valence-corrected chi connectivity index (χ3v) is 8.36. The fraction of sp³-hybridized carbons (Fsp3) is 0.944. The quantitative estimate of drug-likeness (QED) is 0.823. The van der Waals surface area contributed by atoms with Gasteiger partial charge in [0.05, 0.1) is 5.25 Å². The van der Waals surface area contributed by atoms with Gasteiger partial charge in [-0.2, -0.15) is 0 Å². The number of fused-ring (bicyclic) bond motifs is 1. The minimum absolute atomic E-state index is 0.279. The molecule has 0 aromatic rings. The SMILES string of the molecule is CC(C)S(=O)(=O)NC[C@H]1[C@@H]2CC(=O)N(C3CCCCC3)[C@@H]2C[C@@H]1C. The Morgan fingerprint density at radius 2 is 1.88 bits per heavy atom. The van der Waals surface area contributed by atoms with Gasteiger partial charge >= 0.3 is 0 Å². The fourth-order valence-corrected chi connectivity index (χ4v) is 5.86. The van der Waals surface area contributed by atoms with Crippen LogP contribution in [0.3, 0.4) is 0 Å². The van der Waals surface area contributed by atoms with E-state index >= 15 is 0 Å². The van der Waals surface area contributed by atoms with Gasteiger partial charge in [-0.3, -0.25) is 4.79 Å². The Hall–Kier alpha value is -0.620. The number of likely N-dealkylation sites (tertiary alicyclic amines) is 1. The summed E-state index contributed by atoms with van der Waals surface area (Å²) in [4.78, 5) is 14.8. The number of carbonyl (C=O) groups excluding carboxylic acids is 1. The van der Waals surface area contributed by atoms with Crippen molar-refractivity contribution in [3.05, 3.63) is 0 Å². The lowest BCUT2D eigenvalue weighted by atomic mass is 9.89. The molecular weight excluding hydrogens is 324 g/mol. The van der Waals surface area contributed by atoms with Gasteiger partial charge in [0.2, 0.25) is 15.9 Å². The van der Waals surface area contributed by atoms with Crippen LogP contribution in [0.25, 0.3) is 0 Å². The maximum Gasteiger partial charge on any atom is 0.223 e. The van der Waals surface area contributed by atoms with Crippen LogP contribution in [0.15, 0.2) is 0 Å². The highest BCUT2D eigenvalue weighted by Crippen LogP contribution is 2.47. The summed E-state index contributed by atoms with van der Waals surface area (Å²) < 4.78 is 26.9. The number of amides is 1. The zero-order chi connectivity index (χ0) is 17.5. The summed E-state index contributed by atoms with van der Waals surface area (Å²) >= 11 is 0. The lowest BCUT2D eigenvalue weighted by molar-refractivity contribution is -0.132. The molecule has 1 saturated heterocycles. The van der Waals surface area contributed by atoms with Gasteiger partial charge in [0.25, 0.3) is 0 Å². The lowest BCUT2D eigenvalue weighted by Crippen LogP contribution is -2.43. The summed E-state index contributed by atoms with van der Waals surface area (Å²) in [5.74, 6) is 1.37. The van der Waals surface area contributed by atoms with Crippen LogP contribution in [0.2, 0.25) is 0 Å². The summed E-state index contributed by atoms with van der Waals surface area (Å²) in [6, 6.07) is 0.767. The standard InChI is InChI=1S/C18H32N2O3S/c1-12(2)24(22,23)19-11-16-13(3)9-17-15(16)10-18(21)20(17)14-7-5-4-6-8-14/h12-17,19H,4-11H2,1-3H3/t13-,15-,16+,17+/m0/s1. The molecule has 4 atom stereocenters. The topological polar surface area (TPSA) is 66.5 Å². The monoisotopic (exact) mass is 356 g/mol. The van der Waals surface area contributed by atoms with Crippen LogP contribution in [0, 0.1) is 17.8 Å². The minimum atomic E-state index is -3.23. The van der Waals surface area contributed by atoms with Gasteiger partial charge in [-0.15, -0.1) is 0 Å². The summed E-state index contributed by atoms with van der Waals surface area (Å²) in [6.07, 6.45) is 7.70. The van der Waals surface area contributed by atoms with E-state index in [1.807, 2.05) is 0 Å². The third kappa shape index (κ3) is 3.36. The van der Waals surface area contributed by atoms with E-state index in [9.17, 15) is 13.2 Å². The van der Waals surface area contributed by atoms with Crippen LogP contribution >= 0.6 is 0 Å². The first-order valence-corrected chi connectivity index (χ1v) is 11.2. The van der Waals surface area contributed by atoms with Crippen molar-refractivity contribution in [3.8, 4) is 0 Å². The minimum Gasteiger partial charge on any atom is -0.336 e. The molecule has 0 aromatic carbocycles. The largest absolute Gasteiger partial charge is 0.336 e. The Labute approximate surface area is 146 Å². The number of rotatable bonds is 5. The highest BCUT2D eigenvalue weighted by Gasteiger charge is 2.52. The van der Waals surface area contributed by atoms with Crippen molar-refractivity contribution in [3.63, 3.8) is 0 Å². The molecule has 1 amide bonds. The van der Waals surface area contributed by atoms with E-state index in [1.165, 1.54) is 19.3 Å². The third-order valence-electron chi connectivity index (χ3n) is 6.55. The summed E-state index contributed by atoms with van der Waals surface area (Å²) in [6.45, 7) is 6.10. The van der Waals surface area contributed by atoms with Crippen LogP contribution in [0.1, 0.15) is 65.7 Å². The van der Waals surface area contributed by atoms with Crippen molar-refractivity contribution in [2.24, 2.45) is 17.8 Å². The highest BCUT2D eigenvalue weighted by atomic mass is 32.2. The molecule has 3 fully saturated rings. The van der Waals surface area contributed by atoms with E-state index in [1.54, 1.807) is 13.8 Å². The average Bonchev–Trinajstić information content (AvgIpc) is 2.99. The Kier molecular flexibility index (Phi) is 5.26. The number of hydrogen-bond acceptors (Lipinski definition) is 3. The second-order valence-electron chi connectivity index (χ2n) is 8.35. The average molecular weight is 357 g/mol. The van der Waals surface area contributed by atoms with Crippen LogP contribution < -0.4 is 4.72 Å². The zero-order valence-electron chi connectivity index (χ0n) is 15.2. The van der Waals surface area contributed by atoms with E-state index in [2.05, 4.69) is 16.5 Å². The molecule has 1 aliphatic heterocycles. The maximum atomic E-state index is 12.6. The van der Waals surface area contributed by atoms with Gasteiger partial charge in [-0.25, -0.2) is 13.1 Å². The molecule has 0 unspecified atom stereocenters. The van der Waals surface area contributed by atoms with Crippen molar-refractivity contribution in [2.75, 3.05) is 6.54 Å². The lowest BCUT2D eigenvalue weighted by Gasteiger charge is -2.35. The molecule has 1 N–H and O–H groups in total. The van der Waals surface area contributed by atoms with Crippen molar-refractivity contribution in [1.29, 1.82) is 0 Å². The molecule has 0 aromatic heterocycles. The molecule has 0 bridgehead atoms. The number of hydrogen-bond donors (Lipinski definition) is 1. The van der Waals surface area contributed by atoms with Crippen LogP contribution in [-0.4, -0.2) is 43.1 Å². The van der Waals surface area contributed by atoms with Crippen molar-refractivity contribution < 1.29 is 13.2 Å². The van der Waals surface area contributed by atoms with Gasteiger partial charge in [0, 0.05) is 25.0 Å². The molecule has 6 heteroatoms. The van der Waals surface area contributed by atoms with Crippen molar-refractivity contribution in [2.45, 2.75) is 83.1 Å². The maximum absolute atomic E-state index is 12.6. The molecular formula is C18H32N2O3S. The number of nitrogens with one attached hydrogen (secondary N) is 1. The highest BCUT2D eigenvalue weighted by molar-refractivity contribution is 7.90. The number of nitrogens with zero attached hydrogens (tertiary/aromatic N) is 1. The van der Waals surface area contributed by atoms with Crippen LogP contribution in [0.4, 0.5) is 0 Å². The normalized spacial score (nSPS) is 35.0. The Morgan fingerprint density at radius 1 is 1.21 bits per heavy atom. The van der Waals surface area contributed by atoms with Gasteiger partial charge in [0.15, 0.2) is 0 Å². The smallest absolute Gasteiger partial charge is 0.223 e. The second-order valence-corrected chi connectivity index (χ2v) is 10.7. The Balaban J connectivity index is 1.68. The van der Waals surface area contributed by atoms with Gasteiger partial charge in [-0.05, 0) is 50.9 Å². The van der Waals surface area contributed by atoms with E-state index < -0.39 is 15.3 Å². The molecule has 3 rings (SSSR count). The first-order chi connectivity index (χ1) is 11.3. The first kappa shape index (κ1) is 18.2. The van der Waals surface area contributed by atoms with Crippen molar-refractivity contribution >= 4 is 15.9 Å². The summed E-state index contributed by atoms with van der Waals surface area (Å²) in [5.41, 5.74) is 0. The number of sulfonamides is 1. The first-order valence-electron chi connectivity index (χ1n) is 9.61. The van der Waals surface area contributed by atoms with E-state index in [4.69, 9.17) is 0 Å². The molecule has 5 nitrogen and oxygen atoms in total. The van der Waals surface area contributed by atoms with E-state index in [0.29, 0.717) is 42.8 Å². The Morgan fingerprint density at radius 3 is 2.50 bits per heavy atom. The van der Waals surface area contributed by atoms with Crippen LogP contribution in [0.5, 0.6) is 0 Å². The predicted molar refractivity (Wildman–Crippen MR) is 94.9 cm³/mol. The molecule has 138 valence electrons. The van der Waals surface area contributed by atoms with E-state index in [0.717, 1.165) is 19.3 Å². The Bertz CT molecular complexity index is 569. The second kappa shape index (κ2) is 6.94. The molecule has 3 aliphatic rings. The molecule has 0 spiro atoms. The predicted octanol–water partition coefficient (Wildman–Crippen LogP) is 2.52. The van der Waals surface area contributed by atoms with Crippen molar-refractivity contribution in [1.82, 2.24) is 9.62 Å². The number of carbonyl (C=O) groups is 1. The summed E-state index contributed by atoms with van der Waals surface area (Å²) in [7, 11) is -3.23. The van der Waals surface area contributed by atoms with Gasteiger partial charge < -0.3 is 4.90 Å². The molecule has 0 radical (unpaired) electrons.